The topological polar surface area (TPSA) is 157 Å². The lowest BCUT2D eigenvalue weighted by atomic mass is 10.1. The number of hydrogen-bond donors (Lipinski definition) is 1. The Labute approximate surface area is 332 Å². The molecule has 0 bridgehead atoms. The fraction of sp³-hybridized carbons (Fsp3) is 0.975. The van der Waals surface area contributed by atoms with Gasteiger partial charge in [-0.3, -0.25) is 4.79 Å². The molecule has 0 unspecified atom stereocenters. The number of hydrogen-bond acceptors (Lipinski definition) is 15. The highest BCUT2D eigenvalue weighted by Crippen LogP contribution is 2.12. The molecule has 0 atom stereocenters. The molecule has 0 aliphatic carbocycles. The van der Waals surface area contributed by atoms with Gasteiger partial charge in [-0.25, -0.2) is 0 Å². The molecule has 0 aromatic carbocycles. The Morgan fingerprint density at radius 3 is 0.782 bits per heavy atom. The summed E-state index contributed by atoms with van der Waals surface area (Å²) in [5.41, 5.74) is 0. The number of esters is 1. The summed E-state index contributed by atoms with van der Waals surface area (Å²) in [5.74, 6) is -0.136. The summed E-state index contributed by atoms with van der Waals surface area (Å²) in [6.07, 6.45) is 14.4. The minimum Gasteiger partial charge on any atom is -0.463 e. The predicted molar refractivity (Wildman–Crippen MR) is 209 cm³/mol. The largest absolute Gasteiger partial charge is 0.463 e. The van der Waals surface area contributed by atoms with Crippen molar-refractivity contribution in [3.8, 4) is 0 Å². The monoisotopic (exact) mass is 801 g/mol. The summed E-state index contributed by atoms with van der Waals surface area (Å²) >= 11 is 0. The molecule has 15 heteroatoms. The molecule has 1 N–H and O–H groups in total. The maximum atomic E-state index is 11.8. The first-order valence-corrected chi connectivity index (χ1v) is 21.0. The van der Waals surface area contributed by atoms with Crippen molar-refractivity contribution in [1.29, 1.82) is 0 Å². The SMILES string of the molecule is CCCCCCCCCCCCCC(=O)OCCOCCOCCOCCOCCOCCOCCOCCOCCOCCOCCOCCOCCO. The lowest BCUT2D eigenvalue weighted by Crippen LogP contribution is -2.15. The lowest BCUT2D eigenvalue weighted by Gasteiger charge is -2.09. The van der Waals surface area contributed by atoms with Gasteiger partial charge in [-0.15, -0.1) is 0 Å². The van der Waals surface area contributed by atoms with Crippen LogP contribution in [0.3, 0.4) is 0 Å². The molecule has 330 valence electrons. The normalized spacial score (nSPS) is 11.5. The number of ether oxygens (including phenoxy) is 13. The summed E-state index contributed by atoms with van der Waals surface area (Å²) in [6, 6.07) is 0. The van der Waals surface area contributed by atoms with Crippen LogP contribution in [-0.2, 0) is 66.4 Å². The van der Waals surface area contributed by atoms with Crippen LogP contribution in [0, 0.1) is 0 Å². The zero-order valence-electron chi connectivity index (χ0n) is 34.5. The molecule has 0 rings (SSSR count). The molecule has 0 aliphatic rings. The first-order valence-electron chi connectivity index (χ1n) is 21.0. The fourth-order valence-corrected chi connectivity index (χ4v) is 4.81. The quantitative estimate of drug-likeness (QED) is 0.0681. The van der Waals surface area contributed by atoms with E-state index in [2.05, 4.69) is 6.92 Å². The van der Waals surface area contributed by atoms with Crippen molar-refractivity contribution in [3.05, 3.63) is 0 Å². The Morgan fingerprint density at radius 1 is 0.309 bits per heavy atom. The molecule has 0 aromatic rings. The van der Waals surface area contributed by atoms with E-state index in [1.165, 1.54) is 57.8 Å². The van der Waals surface area contributed by atoms with Crippen molar-refractivity contribution >= 4 is 5.97 Å². The number of carbonyl (C=O) groups is 1. The van der Waals surface area contributed by atoms with Crippen LogP contribution in [0.25, 0.3) is 0 Å². The van der Waals surface area contributed by atoms with Crippen LogP contribution in [0.1, 0.15) is 84.0 Å². The number of carbonyl (C=O) groups excluding carboxylic acids is 1. The minimum absolute atomic E-state index is 0.0224. The molecule has 0 amide bonds. The number of aliphatic hydroxyl groups excluding tert-OH is 1. The molecular weight excluding hydrogens is 720 g/mol. The summed E-state index contributed by atoms with van der Waals surface area (Å²) < 4.78 is 70.4. The van der Waals surface area contributed by atoms with E-state index in [0.717, 1.165) is 12.8 Å². The van der Waals surface area contributed by atoms with Crippen LogP contribution in [-0.4, -0.2) is 183 Å². The second-order valence-electron chi connectivity index (χ2n) is 12.6. The van der Waals surface area contributed by atoms with Gasteiger partial charge in [0.2, 0.25) is 0 Å². The lowest BCUT2D eigenvalue weighted by molar-refractivity contribution is -0.145. The van der Waals surface area contributed by atoms with Gasteiger partial charge < -0.3 is 66.7 Å². The Kier molecular flexibility index (Phi) is 50.0. The smallest absolute Gasteiger partial charge is 0.305 e. The average molecular weight is 801 g/mol. The van der Waals surface area contributed by atoms with Gasteiger partial charge in [0.1, 0.15) is 6.61 Å². The number of unbranched alkanes of at least 4 members (excludes halogenated alkanes) is 10. The van der Waals surface area contributed by atoms with Crippen LogP contribution in [0.4, 0.5) is 0 Å². The maximum absolute atomic E-state index is 11.8. The zero-order chi connectivity index (χ0) is 39.6. The van der Waals surface area contributed by atoms with E-state index in [0.29, 0.717) is 165 Å². The number of aliphatic hydroxyl groups is 1. The first-order chi connectivity index (χ1) is 27.3. The Bertz CT molecular complexity index is 707. The Balaban J connectivity index is 3.11. The second kappa shape index (κ2) is 51.0. The van der Waals surface area contributed by atoms with Crippen LogP contribution < -0.4 is 0 Å². The van der Waals surface area contributed by atoms with Gasteiger partial charge in [0.15, 0.2) is 0 Å². The Morgan fingerprint density at radius 2 is 0.527 bits per heavy atom. The van der Waals surface area contributed by atoms with Crippen molar-refractivity contribution in [2.45, 2.75) is 84.0 Å². The van der Waals surface area contributed by atoms with E-state index in [4.69, 9.17) is 66.7 Å². The molecular formula is C40H80O15. The predicted octanol–water partition coefficient (Wildman–Crippen LogP) is 4.42. The van der Waals surface area contributed by atoms with Crippen molar-refractivity contribution in [3.63, 3.8) is 0 Å². The minimum atomic E-state index is -0.136. The third kappa shape index (κ3) is 50.9. The van der Waals surface area contributed by atoms with E-state index in [1.807, 2.05) is 0 Å². The molecule has 0 spiro atoms. The van der Waals surface area contributed by atoms with E-state index in [1.54, 1.807) is 0 Å². The highest BCUT2D eigenvalue weighted by atomic mass is 16.6. The van der Waals surface area contributed by atoms with Crippen LogP contribution in [0.2, 0.25) is 0 Å². The summed E-state index contributed by atoms with van der Waals surface area (Å²) in [6.45, 7) is 14.1. The molecule has 0 aliphatic heterocycles. The third-order valence-electron chi connectivity index (χ3n) is 7.80. The molecule has 0 saturated carbocycles. The van der Waals surface area contributed by atoms with Crippen molar-refractivity contribution in [2.75, 3.05) is 172 Å². The van der Waals surface area contributed by atoms with E-state index in [9.17, 15) is 4.79 Å². The van der Waals surface area contributed by atoms with Crippen molar-refractivity contribution < 1.29 is 71.5 Å². The van der Waals surface area contributed by atoms with Crippen LogP contribution in [0.5, 0.6) is 0 Å². The van der Waals surface area contributed by atoms with Gasteiger partial charge in [-0.05, 0) is 6.42 Å². The highest BCUT2D eigenvalue weighted by Gasteiger charge is 2.03. The van der Waals surface area contributed by atoms with Gasteiger partial charge in [-0.2, -0.15) is 0 Å². The Hall–Kier alpha value is -1.05. The van der Waals surface area contributed by atoms with Gasteiger partial charge in [0, 0.05) is 6.42 Å². The molecule has 55 heavy (non-hydrogen) atoms. The van der Waals surface area contributed by atoms with Crippen LogP contribution in [0.15, 0.2) is 0 Å². The van der Waals surface area contributed by atoms with Crippen LogP contribution >= 0.6 is 0 Å². The number of rotatable bonds is 50. The summed E-state index contributed by atoms with van der Waals surface area (Å²) in [4.78, 5) is 11.8. The average Bonchev–Trinajstić information content (AvgIpc) is 3.19. The van der Waals surface area contributed by atoms with Gasteiger partial charge in [0.25, 0.3) is 0 Å². The zero-order valence-corrected chi connectivity index (χ0v) is 34.5. The standard InChI is InChI=1S/C40H80O15/c1-2-3-4-5-6-7-8-9-10-11-12-13-40(42)55-39-38-54-37-36-53-35-34-52-33-32-51-31-30-50-29-28-49-27-26-48-25-24-47-23-22-46-21-20-45-19-18-44-17-16-43-15-14-41/h41H,2-39H2,1H3. The molecule has 0 aromatic heterocycles. The summed E-state index contributed by atoms with van der Waals surface area (Å²) in [5, 5.41) is 8.59. The molecule has 15 nitrogen and oxygen atoms in total. The van der Waals surface area contributed by atoms with Gasteiger partial charge in [0.05, 0.1) is 165 Å². The molecule has 0 saturated heterocycles. The van der Waals surface area contributed by atoms with Gasteiger partial charge in [-0.1, -0.05) is 71.1 Å². The van der Waals surface area contributed by atoms with E-state index >= 15 is 0 Å². The summed E-state index contributed by atoms with van der Waals surface area (Å²) in [7, 11) is 0. The van der Waals surface area contributed by atoms with Crippen molar-refractivity contribution in [1.82, 2.24) is 0 Å². The second-order valence-corrected chi connectivity index (χ2v) is 12.6. The fourth-order valence-electron chi connectivity index (χ4n) is 4.81. The highest BCUT2D eigenvalue weighted by molar-refractivity contribution is 5.69. The van der Waals surface area contributed by atoms with Crippen molar-refractivity contribution in [2.24, 2.45) is 0 Å². The molecule has 0 heterocycles. The molecule has 0 fully saturated rings. The molecule has 0 radical (unpaired) electrons. The maximum Gasteiger partial charge on any atom is 0.305 e. The third-order valence-corrected chi connectivity index (χ3v) is 7.80. The van der Waals surface area contributed by atoms with E-state index in [-0.39, 0.29) is 19.2 Å². The first kappa shape index (κ1) is 53.9. The van der Waals surface area contributed by atoms with E-state index < -0.39 is 0 Å². The van der Waals surface area contributed by atoms with Gasteiger partial charge >= 0.3 is 5.97 Å².